The van der Waals surface area contributed by atoms with Crippen molar-refractivity contribution in [3.63, 3.8) is 0 Å². The van der Waals surface area contributed by atoms with Crippen LogP contribution in [0.2, 0.25) is 0 Å². The van der Waals surface area contributed by atoms with E-state index in [1.165, 1.54) is 12.8 Å². The average molecular weight is 223 g/mol. The Kier molecular flexibility index (Phi) is 3.02. The predicted octanol–water partition coefficient (Wildman–Crippen LogP) is 2.56. The summed E-state index contributed by atoms with van der Waals surface area (Å²) in [6.07, 6.45) is 4.28. The molecule has 0 spiro atoms. The summed E-state index contributed by atoms with van der Waals surface area (Å²) in [4.78, 5) is 4.48. The SMILES string of the molecule is CC(C)C(C)c1nc(C2(N)CCCC2)no1. The molecular formula is C12H21N3O. The van der Waals surface area contributed by atoms with Gasteiger partial charge in [0.25, 0.3) is 0 Å². The third-order valence-corrected chi connectivity index (χ3v) is 3.77. The van der Waals surface area contributed by atoms with Gasteiger partial charge in [-0.1, -0.05) is 38.8 Å². The van der Waals surface area contributed by atoms with E-state index in [4.69, 9.17) is 10.3 Å². The van der Waals surface area contributed by atoms with E-state index >= 15 is 0 Å². The van der Waals surface area contributed by atoms with Crippen LogP contribution in [0.5, 0.6) is 0 Å². The molecule has 16 heavy (non-hydrogen) atoms. The van der Waals surface area contributed by atoms with Crippen molar-refractivity contribution in [1.82, 2.24) is 10.1 Å². The normalized spacial score (nSPS) is 21.6. The molecule has 1 atom stereocenters. The highest BCUT2D eigenvalue weighted by atomic mass is 16.5. The minimum absolute atomic E-state index is 0.297. The Morgan fingerprint density at radius 2 is 1.88 bits per heavy atom. The molecule has 0 aromatic carbocycles. The molecule has 0 amide bonds. The van der Waals surface area contributed by atoms with Gasteiger partial charge in [0, 0.05) is 5.92 Å². The Labute approximate surface area is 96.6 Å². The van der Waals surface area contributed by atoms with E-state index in [1.54, 1.807) is 0 Å². The van der Waals surface area contributed by atoms with Crippen LogP contribution in [-0.4, -0.2) is 10.1 Å². The molecule has 1 aromatic rings. The molecule has 0 bridgehead atoms. The molecule has 1 fully saturated rings. The summed E-state index contributed by atoms with van der Waals surface area (Å²) < 4.78 is 5.32. The van der Waals surface area contributed by atoms with Crippen molar-refractivity contribution in [3.05, 3.63) is 11.7 Å². The van der Waals surface area contributed by atoms with Gasteiger partial charge in [-0.25, -0.2) is 0 Å². The Morgan fingerprint density at radius 1 is 1.25 bits per heavy atom. The lowest BCUT2D eigenvalue weighted by molar-refractivity contribution is 0.319. The maximum absolute atomic E-state index is 6.28. The minimum atomic E-state index is -0.335. The second-order valence-electron chi connectivity index (χ2n) is 5.35. The minimum Gasteiger partial charge on any atom is -0.339 e. The van der Waals surface area contributed by atoms with Crippen LogP contribution < -0.4 is 5.73 Å². The molecule has 4 heteroatoms. The zero-order chi connectivity index (χ0) is 11.8. The van der Waals surface area contributed by atoms with E-state index in [9.17, 15) is 0 Å². The predicted molar refractivity (Wildman–Crippen MR) is 61.9 cm³/mol. The maximum Gasteiger partial charge on any atom is 0.229 e. The molecule has 0 aliphatic heterocycles. The van der Waals surface area contributed by atoms with Crippen molar-refractivity contribution >= 4 is 0 Å². The summed E-state index contributed by atoms with van der Waals surface area (Å²) in [6.45, 7) is 6.42. The number of nitrogens with zero attached hydrogens (tertiary/aromatic N) is 2. The van der Waals surface area contributed by atoms with Crippen LogP contribution in [0, 0.1) is 5.92 Å². The molecule has 1 aliphatic carbocycles. The van der Waals surface area contributed by atoms with E-state index in [2.05, 4.69) is 30.9 Å². The lowest BCUT2D eigenvalue weighted by Gasteiger charge is -2.18. The number of rotatable bonds is 3. The van der Waals surface area contributed by atoms with Crippen LogP contribution in [-0.2, 0) is 5.54 Å². The first-order valence-corrected chi connectivity index (χ1v) is 6.16. The largest absolute Gasteiger partial charge is 0.339 e. The zero-order valence-corrected chi connectivity index (χ0v) is 10.4. The van der Waals surface area contributed by atoms with Crippen LogP contribution in [0.15, 0.2) is 4.52 Å². The molecule has 0 radical (unpaired) electrons. The number of hydrogen-bond donors (Lipinski definition) is 1. The Bertz CT molecular complexity index is 353. The fraction of sp³-hybridized carbons (Fsp3) is 0.833. The summed E-state index contributed by atoms with van der Waals surface area (Å²) in [6, 6.07) is 0. The summed E-state index contributed by atoms with van der Waals surface area (Å²) in [5.41, 5.74) is 5.95. The number of aromatic nitrogens is 2. The third kappa shape index (κ3) is 1.98. The molecule has 1 aliphatic rings. The monoisotopic (exact) mass is 223 g/mol. The second kappa shape index (κ2) is 4.17. The van der Waals surface area contributed by atoms with Gasteiger partial charge in [-0.15, -0.1) is 0 Å². The van der Waals surface area contributed by atoms with Crippen molar-refractivity contribution in [2.24, 2.45) is 11.7 Å². The summed E-state index contributed by atoms with van der Waals surface area (Å²) in [5, 5.41) is 4.06. The zero-order valence-electron chi connectivity index (χ0n) is 10.4. The molecule has 1 unspecified atom stereocenters. The van der Waals surface area contributed by atoms with Gasteiger partial charge in [0.2, 0.25) is 5.89 Å². The van der Waals surface area contributed by atoms with E-state index in [1.807, 2.05) is 0 Å². The van der Waals surface area contributed by atoms with Gasteiger partial charge < -0.3 is 10.3 Å². The molecule has 1 heterocycles. The van der Waals surface area contributed by atoms with Gasteiger partial charge in [0.15, 0.2) is 5.82 Å². The van der Waals surface area contributed by atoms with Gasteiger partial charge in [-0.05, 0) is 18.8 Å². The molecule has 2 rings (SSSR count). The summed E-state index contributed by atoms with van der Waals surface area (Å²) in [7, 11) is 0. The highest BCUT2D eigenvalue weighted by molar-refractivity contribution is 5.07. The molecule has 1 aromatic heterocycles. The first-order valence-electron chi connectivity index (χ1n) is 6.16. The van der Waals surface area contributed by atoms with Crippen LogP contribution in [0.25, 0.3) is 0 Å². The lowest BCUT2D eigenvalue weighted by atomic mass is 9.97. The molecule has 1 saturated carbocycles. The fourth-order valence-corrected chi connectivity index (χ4v) is 2.14. The van der Waals surface area contributed by atoms with Crippen LogP contribution in [0.4, 0.5) is 0 Å². The third-order valence-electron chi connectivity index (χ3n) is 3.77. The van der Waals surface area contributed by atoms with Crippen LogP contribution in [0.3, 0.4) is 0 Å². The molecule has 2 N–H and O–H groups in total. The van der Waals surface area contributed by atoms with Gasteiger partial charge in [0.05, 0.1) is 5.54 Å². The lowest BCUT2D eigenvalue weighted by Crippen LogP contribution is -2.34. The van der Waals surface area contributed by atoms with Gasteiger partial charge in [0.1, 0.15) is 0 Å². The summed E-state index contributed by atoms with van der Waals surface area (Å²) in [5.74, 6) is 2.23. The standard InChI is InChI=1S/C12H21N3O/c1-8(2)9(3)10-14-11(15-16-10)12(13)6-4-5-7-12/h8-9H,4-7,13H2,1-3H3. The summed E-state index contributed by atoms with van der Waals surface area (Å²) >= 11 is 0. The quantitative estimate of drug-likeness (QED) is 0.855. The maximum atomic E-state index is 6.28. The number of hydrogen-bond acceptors (Lipinski definition) is 4. The average Bonchev–Trinajstić information content (AvgIpc) is 2.85. The van der Waals surface area contributed by atoms with Crippen LogP contribution in [0.1, 0.15) is 64.1 Å². The van der Waals surface area contributed by atoms with Crippen molar-refractivity contribution in [3.8, 4) is 0 Å². The van der Waals surface area contributed by atoms with E-state index in [0.717, 1.165) is 18.7 Å². The molecule has 4 nitrogen and oxygen atoms in total. The topological polar surface area (TPSA) is 64.9 Å². The van der Waals surface area contributed by atoms with Crippen molar-refractivity contribution < 1.29 is 4.52 Å². The highest BCUT2D eigenvalue weighted by Gasteiger charge is 2.36. The van der Waals surface area contributed by atoms with Crippen molar-refractivity contribution in [2.75, 3.05) is 0 Å². The van der Waals surface area contributed by atoms with Crippen LogP contribution >= 0.6 is 0 Å². The van der Waals surface area contributed by atoms with E-state index in [0.29, 0.717) is 17.7 Å². The van der Waals surface area contributed by atoms with E-state index in [-0.39, 0.29) is 5.54 Å². The smallest absolute Gasteiger partial charge is 0.229 e. The molecule has 0 saturated heterocycles. The van der Waals surface area contributed by atoms with Crippen molar-refractivity contribution in [2.45, 2.75) is 57.9 Å². The van der Waals surface area contributed by atoms with Gasteiger partial charge in [-0.3, -0.25) is 0 Å². The Balaban J connectivity index is 2.19. The van der Waals surface area contributed by atoms with E-state index < -0.39 is 0 Å². The Hall–Kier alpha value is -0.900. The highest BCUT2D eigenvalue weighted by Crippen LogP contribution is 2.35. The Morgan fingerprint density at radius 3 is 2.44 bits per heavy atom. The van der Waals surface area contributed by atoms with Gasteiger partial charge >= 0.3 is 0 Å². The first-order chi connectivity index (χ1) is 7.53. The molecular weight excluding hydrogens is 202 g/mol. The molecule has 90 valence electrons. The van der Waals surface area contributed by atoms with Gasteiger partial charge in [-0.2, -0.15) is 4.98 Å². The number of nitrogens with two attached hydrogens (primary N) is 1. The first kappa shape index (κ1) is 11.6. The fourth-order valence-electron chi connectivity index (χ4n) is 2.14. The second-order valence-corrected chi connectivity index (χ2v) is 5.35. The van der Waals surface area contributed by atoms with Crippen molar-refractivity contribution in [1.29, 1.82) is 0 Å².